The van der Waals surface area contributed by atoms with E-state index in [0.29, 0.717) is 26.2 Å². The lowest BCUT2D eigenvalue weighted by atomic mass is 9.78. The number of nitrogens with zero attached hydrogens (tertiary/aromatic N) is 3. The summed E-state index contributed by atoms with van der Waals surface area (Å²) in [5.74, 6) is 0.544. The minimum absolute atomic E-state index is 0. The number of rotatable bonds is 2. The standard InChI is InChI=1S/C19H27N5O3.2ClH/c25-17(13-1-2-13)24-7-3-14-16(22-12-21-14)19(24)4-8-23(9-5-19)18(26)15-11-20-6-10-27-15;;/h12-13,15,20H,1-11H2,(H,21,22);2*1H. The van der Waals surface area contributed by atoms with Gasteiger partial charge in [0, 0.05) is 50.8 Å². The Bertz CT molecular complexity index is 740. The van der Waals surface area contributed by atoms with Crippen molar-refractivity contribution in [1.29, 1.82) is 0 Å². The Labute approximate surface area is 182 Å². The Balaban J connectivity index is 0.00000120. The number of imidazole rings is 1. The quantitative estimate of drug-likeness (QED) is 0.703. The number of hydrogen-bond donors (Lipinski definition) is 2. The average Bonchev–Trinajstić information content (AvgIpc) is 3.45. The van der Waals surface area contributed by atoms with Crippen molar-refractivity contribution in [2.75, 3.05) is 39.3 Å². The zero-order chi connectivity index (χ0) is 18.4. The molecule has 29 heavy (non-hydrogen) atoms. The lowest BCUT2D eigenvalue weighted by Crippen LogP contribution is -2.60. The maximum absolute atomic E-state index is 13.0. The van der Waals surface area contributed by atoms with Crippen molar-refractivity contribution in [3.05, 3.63) is 17.7 Å². The highest BCUT2D eigenvalue weighted by Gasteiger charge is 2.51. The first-order chi connectivity index (χ1) is 13.2. The number of carbonyl (C=O) groups excluding carboxylic acids is 2. The summed E-state index contributed by atoms with van der Waals surface area (Å²) in [6.07, 6.45) is 5.70. The fraction of sp³-hybridized carbons (Fsp3) is 0.737. The second kappa shape index (κ2) is 8.79. The number of carbonyl (C=O) groups is 2. The molecular formula is C19H29Cl2N5O3. The summed E-state index contributed by atoms with van der Waals surface area (Å²) in [6.45, 7) is 3.98. The fourth-order valence-corrected chi connectivity index (χ4v) is 4.88. The molecule has 5 rings (SSSR count). The second-order valence-electron chi connectivity index (χ2n) is 8.16. The van der Waals surface area contributed by atoms with Crippen LogP contribution in [0.4, 0.5) is 0 Å². The Morgan fingerprint density at radius 1 is 1.14 bits per heavy atom. The molecule has 3 fully saturated rings. The van der Waals surface area contributed by atoms with Crippen LogP contribution in [0.2, 0.25) is 0 Å². The molecule has 1 aliphatic carbocycles. The second-order valence-corrected chi connectivity index (χ2v) is 8.16. The summed E-state index contributed by atoms with van der Waals surface area (Å²) in [7, 11) is 0. The van der Waals surface area contributed by atoms with Gasteiger partial charge in [-0.05, 0) is 25.7 Å². The fourth-order valence-electron chi connectivity index (χ4n) is 4.88. The van der Waals surface area contributed by atoms with Gasteiger partial charge in [-0.25, -0.2) is 4.98 Å². The van der Waals surface area contributed by atoms with Crippen LogP contribution < -0.4 is 5.32 Å². The molecule has 1 aromatic rings. The number of morpholine rings is 1. The highest BCUT2D eigenvalue weighted by atomic mass is 35.5. The van der Waals surface area contributed by atoms with Gasteiger partial charge in [0.05, 0.1) is 24.2 Å². The zero-order valence-corrected chi connectivity index (χ0v) is 18.0. The number of ether oxygens (including phenoxy) is 1. The molecule has 2 saturated heterocycles. The van der Waals surface area contributed by atoms with Crippen molar-refractivity contribution in [1.82, 2.24) is 25.1 Å². The predicted molar refractivity (Wildman–Crippen MR) is 111 cm³/mol. The maximum Gasteiger partial charge on any atom is 0.253 e. The summed E-state index contributed by atoms with van der Waals surface area (Å²) < 4.78 is 5.64. The van der Waals surface area contributed by atoms with E-state index < -0.39 is 0 Å². The molecule has 4 aliphatic rings. The van der Waals surface area contributed by atoms with E-state index in [1.807, 2.05) is 4.90 Å². The van der Waals surface area contributed by atoms with Gasteiger partial charge >= 0.3 is 0 Å². The number of nitrogens with one attached hydrogen (secondary N) is 2. The molecule has 1 spiro atoms. The molecule has 8 nitrogen and oxygen atoms in total. The van der Waals surface area contributed by atoms with Crippen LogP contribution >= 0.6 is 24.8 Å². The summed E-state index contributed by atoms with van der Waals surface area (Å²) in [5, 5.41) is 3.22. The van der Waals surface area contributed by atoms with Crippen molar-refractivity contribution >= 4 is 36.6 Å². The van der Waals surface area contributed by atoms with Gasteiger partial charge in [0.15, 0.2) is 0 Å². The van der Waals surface area contributed by atoms with Crippen molar-refractivity contribution in [3.63, 3.8) is 0 Å². The smallest absolute Gasteiger partial charge is 0.253 e. The van der Waals surface area contributed by atoms with E-state index in [-0.39, 0.29) is 54.2 Å². The first-order valence-electron chi connectivity index (χ1n) is 10.1. The predicted octanol–water partition coefficient (Wildman–Crippen LogP) is 0.854. The third kappa shape index (κ3) is 3.87. The van der Waals surface area contributed by atoms with E-state index in [4.69, 9.17) is 4.74 Å². The van der Waals surface area contributed by atoms with Crippen LogP contribution in [-0.4, -0.2) is 77.0 Å². The number of hydrogen-bond acceptors (Lipinski definition) is 5. The Hall–Kier alpha value is -1.35. The van der Waals surface area contributed by atoms with E-state index in [0.717, 1.165) is 56.6 Å². The zero-order valence-electron chi connectivity index (χ0n) is 16.4. The van der Waals surface area contributed by atoms with Gasteiger partial charge in [-0.15, -0.1) is 24.8 Å². The number of amides is 2. The Morgan fingerprint density at radius 3 is 2.55 bits per heavy atom. The van der Waals surface area contributed by atoms with Crippen LogP contribution in [0.25, 0.3) is 0 Å². The van der Waals surface area contributed by atoms with E-state index in [2.05, 4.69) is 20.2 Å². The van der Waals surface area contributed by atoms with E-state index in [9.17, 15) is 9.59 Å². The molecule has 1 aromatic heterocycles. The van der Waals surface area contributed by atoms with Gasteiger partial charge in [0.2, 0.25) is 5.91 Å². The maximum atomic E-state index is 13.0. The van der Waals surface area contributed by atoms with Gasteiger partial charge in [-0.3, -0.25) is 9.59 Å². The van der Waals surface area contributed by atoms with E-state index in [1.54, 1.807) is 6.33 Å². The highest BCUT2D eigenvalue weighted by molar-refractivity contribution is 5.85. The molecule has 4 heterocycles. The number of likely N-dealkylation sites (tertiary alicyclic amines) is 1. The van der Waals surface area contributed by atoms with Crippen LogP contribution in [0.5, 0.6) is 0 Å². The molecule has 2 N–H and O–H groups in total. The number of fused-ring (bicyclic) bond motifs is 2. The van der Waals surface area contributed by atoms with Gasteiger partial charge < -0.3 is 24.8 Å². The van der Waals surface area contributed by atoms with Crippen LogP contribution in [-0.2, 0) is 26.3 Å². The lowest BCUT2D eigenvalue weighted by Gasteiger charge is -2.51. The van der Waals surface area contributed by atoms with Crippen LogP contribution in [0.1, 0.15) is 37.1 Å². The number of aromatic amines is 1. The molecule has 3 aliphatic heterocycles. The summed E-state index contributed by atoms with van der Waals surface area (Å²) >= 11 is 0. The minimum Gasteiger partial charge on any atom is -0.366 e. The lowest BCUT2D eigenvalue weighted by molar-refractivity contribution is -0.151. The van der Waals surface area contributed by atoms with Gasteiger partial charge in [-0.2, -0.15) is 0 Å². The normalized spacial score (nSPS) is 25.6. The van der Waals surface area contributed by atoms with Gasteiger partial charge in [0.25, 0.3) is 5.91 Å². The van der Waals surface area contributed by atoms with Crippen molar-refractivity contribution in [2.24, 2.45) is 5.92 Å². The van der Waals surface area contributed by atoms with Crippen molar-refractivity contribution in [2.45, 2.75) is 43.7 Å². The van der Waals surface area contributed by atoms with Crippen molar-refractivity contribution < 1.29 is 14.3 Å². The van der Waals surface area contributed by atoms with Crippen LogP contribution in [0, 0.1) is 5.92 Å². The number of halogens is 2. The van der Waals surface area contributed by atoms with Gasteiger partial charge in [0.1, 0.15) is 6.10 Å². The van der Waals surface area contributed by atoms with Crippen LogP contribution in [0.3, 0.4) is 0 Å². The SMILES string of the molecule is Cl.Cl.O=C(C1CNCCO1)N1CCC2(CC1)c1nc[nH]c1CCN2C(=O)C1CC1. The summed E-state index contributed by atoms with van der Waals surface area (Å²) in [4.78, 5) is 37.7. The first kappa shape index (κ1) is 22.3. The monoisotopic (exact) mass is 445 g/mol. The summed E-state index contributed by atoms with van der Waals surface area (Å²) in [6, 6.07) is 0. The molecule has 0 radical (unpaired) electrons. The molecular weight excluding hydrogens is 417 g/mol. The third-order valence-electron chi connectivity index (χ3n) is 6.56. The molecule has 0 bridgehead atoms. The number of aromatic nitrogens is 2. The van der Waals surface area contributed by atoms with E-state index in [1.165, 1.54) is 0 Å². The van der Waals surface area contributed by atoms with Gasteiger partial charge in [-0.1, -0.05) is 0 Å². The van der Waals surface area contributed by atoms with E-state index >= 15 is 0 Å². The van der Waals surface area contributed by atoms with Crippen LogP contribution in [0.15, 0.2) is 6.33 Å². The molecule has 1 atom stereocenters. The Kier molecular flexibility index (Phi) is 6.77. The Morgan fingerprint density at radius 2 is 1.90 bits per heavy atom. The topological polar surface area (TPSA) is 90.6 Å². The molecule has 1 unspecified atom stereocenters. The highest BCUT2D eigenvalue weighted by Crippen LogP contribution is 2.45. The largest absolute Gasteiger partial charge is 0.366 e. The average molecular weight is 446 g/mol. The molecule has 0 aromatic carbocycles. The summed E-state index contributed by atoms with van der Waals surface area (Å²) in [5.41, 5.74) is 1.80. The molecule has 162 valence electrons. The molecule has 1 saturated carbocycles. The third-order valence-corrected chi connectivity index (χ3v) is 6.56. The van der Waals surface area contributed by atoms with Crippen molar-refractivity contribution in [3.8, 4) is 0 Å². The molecule has 2 amide bonds. The minimum atomic E-state index is -0.385. The number of piperidine rings is 1. The molecule has 10 heteroatoms. The first-order valence-corrected chi connectivity index (χ1v) is 10.1. The number of H-pyrrole nitrogens is 1.